The Labute approximate surface area is 114 Å². The van der Waals surface area contributed by atoms with Gasteiger partial charge >= 0.3 is 0 Å². The Kier molecular flexibility index (Phi) is 4.15. The Bertz CT molecular complexity index is 584. The first-order valence-electron chi connectivity index (χ1n) is 6.81. The van der Waals surface area contributed by atoms with Crippen molar-refractivity contribution >= 4 is 5.78 Å². The maximum absolute atomic E-state index is 12.5. The van der Waals surface area contributed by atoms with Crippen LogP contribution in [0.2, 0.25) is 0 Å². The monoisotopic (exact) mass is 256 g/mol. The van der Waals surface area contributed by atoms with Crippen LogP contribution < -0.4 is 0 Å². The van der Waals surface area contributed by atoms with Gasteiger partial charge in [0.05, 0.1) is 11.3 Å². The van der Waals surface area contributed by atoms with Crippen molar-refractivity contribution in [2.45, 2.75) is 33.1 Å². The van der Waals surface area contributed by atoms with Crippen LogP contribution in [0.4, 0.5) is 0 Å². The molecule has 0 spiro atoms. The van der Waals surface area contributed by atoms with E-state index in [0.29, 0.717) is 0 Å². The molecule has 1 aromatic heterocycles. The minimum Gasteiger partial charge on any atom is -0.288 e. The number of hydrogen-bond acceptors (Lipinski definition) is 2. The maximum Gasteiger partial charge on any atom is 0.196 e. The molecule has 3 heteroatoms. The fourth-order valence-corrected chi connectivity index (χ4v) is 2.30. The van der Waals surface area contributed by atoms with Crippen molar-refractivity contribution in [3.05, 3.63) is 52.8 Å². The van der Waals surface area contributed by atoms with Gasteiger partial charge in [-0.1, -0.05) is 38.5 Å². The highest BCUT2D eigenvalue weighted by atomic mass is 16.1. The second kappa shape index (κ2) is 5.83. The summed E-state index contributed by atoms with van der Waals surface area (Å²) in [5, 5.41) is 4.33. The Hall–Kier alpha value is -1.90. The van der Waals surface area contributed by atoms with E-state index in [1.54, 1.807) is 4.68 Å². The average molecular weight is 256 g/mol. The number of carbonyl (C=O) groups excluding carboxylic acids is 1. The molecule has 0 aliphatic carbocycles. The number of ketones is 1. The lowest BCUT2D eigenvalue weighted by atomic mass is 9.99. The van der Waals surface area contributed by atoms with Crippen molar-refractivity contribution in [3.63, 3.8) is 0 Å². The smallest absolute Gasteiger partial charge is 0.196 e. The number of aromatic nitrogens is 2. The molecule has 1 heterocycles. The zero-order chi connectivity index (χ0) is 13.8. The molecule has 2 rings (SSSR count). The van der Waals surface area contributed by atoms with Crippen molar-refractivity contribution in [2.75, 3.05) is 0 Å². The van der Waals surface area contributed by atoms with Crippen LogP contribution in [0.3, 0.4) is 0 Å². The van der Waals surface area contributed by atoms with Crippen molar-refractivity contribution < 1.29 is 4.79 Å². The van der Waals surface area contributed by atoms with E-state index in [0.717, 1.165) is 36.1 Å². The number of hydrogen-bond donors (Lipinski definition) is 0. The second-order valence-corrected chi connectivity index (χ2v) is 4.80. The summed E-state index contributed by atoms with van der Waals surface area (Å²) in [4.78, 5) is 12.5. The summed E-state index contributed by atoms with van der Waals surface area (Å²) < 4.78 is 1.71. The second-order valence-electron chi connectivity index (χ2n) is 4.80. The molecular formula is C16H20N2O. The highest BCUT2D eigenvalue weighted by molar-refractivity contribution is 6.09. The first kappa shape index (κ1) is 13.5. The van der Waals surface area contributed by atoms with Crippen molar-refractivity contribution in [2.24, 2.45) is 7.05 Å². The van der Waals surface area contributed by atoms with Crippen molar-refractivity contribution in [1.29, 1.82) is 0 Å². The summed E-state index contributed by atoms with van der Waals surface area (Å²) in [7, 11) is 1.85. The summed E-state index contributed by atoms with van der Waals surface area (Å²) in [6.45, 7) is 4.16. The van der Waals surface area contributed by atoms with E-state index in [1.165, 1.54) is 5.56 Å². The van der Waals surface area contributed by atoms with Crippen molar-refractivity contribution in [3.8, 4) is 0 Å². The number of rotatable bonds is 5. The fraction of sp³-hybridized carbons (Fsp3) is 0.375. The van der Waals surface area contributed by atoms with Gasteiger partial charge in [0.25, 0.3) is 0 Å². The van der Waals surface area contributed by atoms with E-state index in [9.17, 15) is 4.79 Å². The molecule has 0 unspecified atom stereocenters. The van der Waals surface area contributed by atoms with Crippen LogP contribution in [-0.4, -0.2) is 15.6 Å². The molecular weight excluding hydrogens is 236 g/mol. The number of aryl methyl sites for hydroxylation is 3. The van der Waals surface area contributed by atoms with Crippen LogP contribution in [0.1, 0.15) is 47.4 Å². The van der Waals surface area contributed by atoms with Gasteiger partial charge in [0.2, 0.25) is 0 Å². The van der Waals surface area contributed by atoms with E-state index >= 15 is 0 Å². The Morgan fingerprint density at radius 2 is 2.11 bits per heavy atom. The maximum atomic E-state index is 12.5. The largest absolute Gasteiger partial charge is 0.288 e. The quantitative estimate of drug-likeness (QED) is 0.770. The summed E-state index contributed by atoms with van der Waals surface area (Å²) in [5.74, 6) is 0.0721. The van der Waals surface area contributed by atoms with E-state index in [1.807, 2.05) is 38.4 Å². The Balaban J connectivity index is 2.35. The molecule has 0 saturated carbocycles. The molecule has 19 heavy (non-hydrogen) atoms. The van der Waals surface area contributed by atoms with Gasteiger partial charge in [0.1, 0.15) is 0 Å². The summed E-state index contributed by atoms with van der Waals surface area (Å²) in [6.07, 6.45) is 4.68. The van der Waals surface area contributed by atoms with Crippen LogP contribution in [0, 0.1) is 0 Å². The molecule has 1 aromatic carbocycles. The number of nitrogens with zero attached hydrogens (tertiary/aromatic N) is 2. The van der Waals surface area contributed by atoms with Crippen LogP contribution in [0.15, 0.2) is 30.5 Å². The molecule has 0 fully saturated rings. The molecule has 100 valence electrons. The van der Waals surface area contributed by atoms with Gasteiger partial charge < -0.3 is 0 Å². The van der Waals surface area contributed by atoms with E-state index in [2.05, 4.69) is 18.1 Å². The predicted octanol–water partition coefficient (Wildman–Crippen LogP) is 3.17. The molecule has 0 radical (unpaired) electrons. The lowest BCUT2D eigenvalue weighted by molar-refractivity contribution is 0.103. The van der Waals surface area contributed by atoms with Gasteiger partial charge in [-0.2, -0.15) is 5.10 Å². The minimum absolute atomic E-state index is 0.0721. The first-order valence-corrected chi connectivity index (χ1v) is 6.81. The van der Waals surface area contributed by atoms with Crippen LogP contribution >= 0.6 is 0 Å². The summed E-state index contributed by atoms with van der Waals surface area (Å²) in [5.41, 5.74) is 3.57. The average Bonchev–Trinajstić information content (AvgIpc) is 2.80. The summed E-state index contributed by atoms with van der Waals surface area (Å²) in [6, 6.07) is 7.91. The van der Waals surface area contributed by atoms with Gasteiger partial charge in [-0.25, -0.2) is 0 Å². The van der Waals surface area contributed by atoms with E-state index in [4.69, 9.17) is 0 Å². The molecule has 0 saturated heterocycles. The molecule has 2 aromatic rings. The van der Waals surface area contributed by atoms with Crippen LogP contribution in [-0.2, 0) is 19.9 Å². The van der Waals surface area contributed by atoms with Gasteiger partial charge in [0.15, 0.2) is 5.78 Å². The van der Waals surface area contributed by atoms with Gasteiger partial charge in [-0.05, 0) is 24.5 Å². The van der Waals surface area contributed by atoms with Gasteiger partial charge in [-0.15, -0.1) is 0 Å². The lowest BCUT2D eigenvalue weighted by Crippen LogP contribution is -2.04. The lowest BCUT2D eigenvalue weighted by Gasteiger charge is -2.03. The third kappa shape index (κ3) is 2.92. The topological polar surface area (TPSA) is 34.9 Å². The SMILES string of the molecule is CCCc1cccc(C(=O)c2cn(C)nc2CC)c1. The molecule has 3 nitrogen and oxygen atoms in total. The van der Waals surface area contributed by atoms with Gasteiger partial charge in [0, 0.05) is 18.8 Å². The first-order chi connectivity index (χ1) is 9.15. The zero-order valence-electron chi connectivity index (χ0n) is 11.8. The van der Waals surface area contributed by atoms with Crippen LogP contribution in [0.25, 0.3) is 0 Å². The fourth-order valence-electron chi connectivity index (χ4n) is 2.30. The predicted molar refractivity (Wildman–Crippen MR) is 76.5 cm³/mol. The molecule has 0 aliphatic rings. The van der Waals surface area contributed by atoms with E-state index in [-0.39, 0.29) is 5.78 Å². The molecule has 0 amide bonds. The zero-order valence-corrected chi connectivity index (χ0v) is 11.8. The van der Waals surface area contributed by atoms with Gasteiger partial charge in [-0.3, -0.25) is 9.48 Å². The number of benzene rings is 1. The molecule has 0 atom stereocenters. The molecule has 0 bridgehead atoms. The molecule has 0 N–H and O–H groups in total. The van der Waals surface area contributed by atoms with E-state index < -0.39 is 0 Å². The third-order valence-electron chi connectivity index (χ3n) is 3.21. The third-order valence-corrected chi connectivity index (χ3v) is 3.21. The van der Waals surface area contributed by atoms with Crippen molar-refractivity contribution in [1.82, 2.24) is 9.78 Å². The number of carbonyl (C=O) groups is 1. The minimum atomic E-state index is 0.0721. The highest BCUT2D eigenvalue weighted by Crippen LogP contribution is 2.16. The highest BCUT2D eigenvalue weighted by Gasteiger charge is 2.16. The normalized spacial score (nSPS) is 10.7. The Morgan fingerprint density at radius 1 is 1.32 bits per heavy atom. The molecule has 0 aliphatic heterocycles. The Morgan fingerprint density at radius 3 is 2.79 bits per heavy atom. The summed E-state index contributed by atoms with van der Waals surface area (Å²) >= 11 is 0. The van der Waals surface area contributed by atoms with Crippen LogP contribution in [0.5, 0.6) is 0 Å². The standard InChI is InChI=1S/C16H20N2O/c1-4-7-12-8-6-9-13(10-12)16(19)14-11-18(3)17-15(14)5-2/h6,8-11H,4-5,7H2,1-3H3.